The molecular weight excluding hydrogens is 126 g/mol. The number of nitrogens with zero attached hydrogens (tertiary/aromatic N) is 1. The molecule has 0 aliphatic heterocycles. The lowest BCUT2D eigenvalue weighted by Crippen LogP contribution is -2.11. The minimum Gasteiger partial charge on any atom is -0.390 e. The lowest BCUT2D eigenvalue weighted by atomic mass is 10.4. The van der Waals surface area contributed by atoms with Crippen molar-refractivity contribution in [1.82, 2.24) is 0 Å². The summed E-state index contributed by atoms with van der Waals surface area (Å²) in [6.07, 6.45) is 1.17. The van der Waals surface area contributed by atoms with E-state index < -0.39 is 6.10 Å². The van der Waals surface area contributed by atoms with Gasteiger partial charge in [-0.15, -0.1) is 11.6 Å². The fourth-order valence-electron chi connectivity index (χ4n) is 0.276. The number of rotatable bonds is 3. The van der Waals surface area contributed by atoms with E-state index in [2.05, 4.69) is 4.99 Å². The summed E-state index contributed by atoms with van der Waals surface area (Å²) in [6, 6.07) is 0. The van der Waals surface area contributed by atoms with Crippen LogP contribution in [0.15, 0.2) is 4.99 Å². The third-order valence-corrected chi connectivity index (χ3v) is 1.03. The maximum atomic E-state index is 8.74. The number of aliphatic hydroxyl groups is 1. The van der Waals surface area contributed by atoms with Gasteiger partial charge < -0.3 is 5.11 Å². The Balaban J connectivity index is 3.10. The van der Waals surface area contributed by atoms with Crippen molar-refractivity contribution in [2.75, 3.05) is 12.4 Å². The van der Waals surface area contributed by atoms with Crippen LogP contribution in [0, 0.1) is 0 Å². The Morgan fingerprint density at radius 1 is 1.88 bits per heavy atom. The second-order valence-corrected chi connectivity index (χ2v) is 1.74. The molecule has 0 aromatic carbocycles. The summed E-state index contributed by atoms with van der Waals surface area (Å²) in [5.74, 6) is 0.261. The summed E-state index contributed by atoms with van der Waals surface area (Å²) in [6.45, 7) is 2.22. The molecule has 3 heteroatoms. The van der Waals surface area contributed by atoms with Crippen LogP contribution < -0.4 is 0 Å². The van der Waals surface area contributed by atoms with E-state index in [4.69, 9.17) is 16.7 Å². The van der Waals surface area contributed by atoms with Gasteiger partial charge in [0.25, 0.3) is 0 Å². The van der Waals surface area contributed by atoms with Crippen molar-refractivity contribution in [2.24, 2.45) is 4.99 Å². The summed E-state index contributed by atoms with van der Waals surface area (Å²) < 4.78 is 0. The predicted molar refractivity (Wildman–Crippen MR) is 35.8 cm³/mol. The van der Waals surface area contributed by atoms with Gasteiger partial charge in [0, 0.05) is 0 Å². The summed E-state index contributed by atoms with van der Waals surface area (Å²) in [5.41, 5.74) is 0. The molecule has 0 aromatic rings. The molecule has 0 saturated heterocycles. The van der Waals surface area contributed by atoms with Crippen molar-refractivity contribution in [3.63, 3.8) is 0 Å². The average Bonchev–Trinajstić information content (AvgIpc) is 1.83. The van der Waals surface area contributed by atoms with Crippen LogP contribution in [0.5, 0.6) is 0 Å². The van der Waals surface area contributed by atoms with Gasteiger partial charge in [-0.1, -0.05) is 0 Å². The number of hydrogen-bond donors (Lipinski definition) is 1. The van der Waals surface area contributed by atoms with Gasteiger partial charge in [-0.2, -0.15) is 0 Å². The summed E-state index contributed by atoms with van der Waals surface area (Å²) >= 11 is 5.26. The van der Waals surface area contributed by atoms with Crippen LogP contribution >= 0.6 is 11.6 Å². The summed E-state index contributed by atoms with van der Waals surface area (Å²) in [5, 5.41) is 8.74. The molecule has 0 fully saturated rings. The number of aliphatic imine (C=N–C) groups is 1. The van der Waals surface area contributed by atoms with Crippen molar-refractivity contribution >= 4 is 17.8 Å². The average molecular weight is 136 g/mol. The predicted octanol–water partition coefficient (Wildman–Crippen LogP) is 0.677. The second kappa shape index (κ2) is 5.06. The van der Waals surface area contributed by atoms with Gasteiger partial charge in [0.1, 0.15) is 0 Å². The fourth-order valence-corrected chi connectivity index (χ4v) is 0.373. The molecule has 1 unspecified atom stereocenters. The van der Waals surface area contributed by atoms with E-state index in [0.29, 0.717) is 6.54 Å². The van der Waals surface area contributed by atoms with E-state index in [1.54, 1.807) is 13.1 Å². The lowest BCUT2D eigenvalue weighted by Gasteiger charge is -1.98. The van der Waals surface area contributed by atoms with Crippen molar-refractivity contribution in [3.05, 3.63) is 0 Å². The zero-order valence-electron chi connectivity index (χ0n) is 4.84. The van der Waals surface area contributed by atoms with E-state index >= 15 is 0 Å². The molecule has 0 radical (unpaired) electrons. The second-order valence-electron chi connectivity index (χ2n) is 1.43. The van der Waals surface area contributed by atoms with Gasteiger partial charge in [-0.05, 0) is 13.1 Å². The van der Waals surface area contributed by atoms with Gasteiger partial charge in [-0.25, -0.2) is 0 Å². The first-order chi connectivity index (χ1) is 3.81. The van der Waals surface area contributed by atoms with E-state index in [0.717, 1.165) is 0 Å². The molecule has 0 rings (SSSR count). The van der Waals surface area contributed by atoms with E-state index in [9.17, 15) is 0 Å². The highest BCUT2D eigenvalue weighted by Crippen LogP contribution is 1.86. The first-order valence-electron chi connectivity index (χ1n) is 2.49. The van der Waals surface area contributed by atoms with Crippen molar-refractivity contribution < 1.29 is 5.11 Å². The zero-order chi connectivity index (χ0) is 6.41. The molecule has 1 atom stereocenters. The Bertz CT molecular complexity index is 74.8. The van der Waals surface area contributed by atoms with E-state index in [-0.39, 0.29) is 5.88 Å². The summed E-state index contributed by atoms with van der Waals surface area (Å²) in [4.78, 5) is 3.78. The fraction of sp³-hybridized carbons (Fsp3) is 0.800. The topological polar surface area (TPSA) is 32.6 Å². The molecule has 8 heavy (non-hydrogen) atoms. The molecule has 0 spiro atoms. The smallest absolute Gasteiger partial charge is 0.0870 e. The van der Waals surface area contributed by atoms with Crippen molar-refractivity contribution in [1.29, 1.82) is 0 Å². The van der Waals surface area contributed by atoms with Gasteiger partial charge in [0.05, 0.1) is 18.5 Å². The third-order valence-electron chi connectivity index (χ3n) is 0.677. The monoisotopic (exact) mass is 135 g/mol. The van der Waals surface area contributed by atoms with Crippen LogP contribution in [-0.4, -0.2) is 29.8 Å². The van der Waals surface area contributed by atoms with Crippen molar-refractivity contribution in [3.8, 4) is 0 Å². The molecule has 1 N–H and O–H groups in total. The lowest BCUT2D eigenvalue weighted by molar-refractivity contribution is 0.207. The number of alkyl halides is 1. The largest absolute Gasteiger partial charge is 0.390 e. The Labute approximate surface area is 54.2 Å². The molecular formula is C5H10ClNO. The van der Waals surface area contributed by atoms with Crippen LogP contribution in [0.25, 0.3) is 0 Å². The number of aliphatic hydroxyl groups excluding tert-OH is 1. The number of hydrogen-bond acceptors (Lipinski definition) is 2. The minimum atomic E-state index is -0.479. The highest BCUT2D eigenvalue weighted by Gasteiger charge is 1.96. The Morgan fingerprint density at radius 3 is 2.88 bits per heavy atom. The van der Waals surface area contributed by atoms with Crippen LogP contribution in [0.3, 0.4) is 0 Å². The highest BCUT2D eigenvalue weighted by molar-refractivity contribution is 6.18. The molecule has 48 valence electrons. The van der Waals surface area contributed by atoms with Crippen LogP contribution in [-0.2, 0) is 0 Å². The molecule has 0 amide bonds. The third kappa shape index (κ3) is 4.09. The van der Waals surface area contributed by atoms with Gasteiger partial charge >= 0.3 is 0 Å². The maximum Gasteiger partial charge on any atom is 0.0870 e. The summed E-state index contributed by atoms with van der Waals surface area (Å²) in [7, 11) is 0. The molecule has 2 nitrogen and oxygen atoms in total. The van der Waals surface area contributed by atoms with Gasteiger partial charge in [0.15, 0.2) is 0 Å². The Hall–Kier alpha value is -0.0800. The van der Waals surface area contributed by atoms with Gasteiger partial charge in [-0.3, -0.25) is 4.99 Å². The van der Waals surface area contributed by atoms with Crippen LogP contribution in [0.4, 0.5) is 0 Å². The van der Waals surface area contributed by atoms with Crippen LogP contribution in [0.2, 0.25) is 0 Å². The SMILES string of the molecule is CC=NCC(O)CCl. The standard InChI is InChI=1S/C5H10ClNO/c1-2-7-4-5(8)3-6/h2,5,8H,3-4H2,1H3. The first-order valence-corrected chi connectivity index (χ1v) is 3.03. The Morgan fingerprint density at radius 2 is 2.50 bits per heavy atom. The van der Waals surface area contributed by atoms with E-state index in [1.807, 2.05) is 0 Å². The Kier molecular flexibility index (Phi) is 5.01. The normalized spacial score (nSPS) is 14.9. The highest BCUT2D eigenvalue weighted by atomic mass is 35.5. The first kappa shape index (κ1) is 7.92. The molecule has 0 aliphatic carbocycles. The van der Waals surface area contributed by atoms with E-state index in [1.165, 1.54) is 0 Å². The quantitative estimate of drug-likeness (QED) is 0.448. The molecule has 0 heterocycles. The number of halogens is 1. The molecule has 0 bridgehead atoms. The minimum absolute atomic E-state index is 0.261. The zero-order valence-corrected chi connectivity index (χ0v) is 5.60. The van der Waals surface area contributed by atoms with Gasteiger partial charge in [0.2, 0.25) is 0 Å². The van der Waals surface area contributed by atoms with Crippen LogP contribution in [0.1, 0.15) is 6.92 Å². The van der Waals surface area contributed by atoms with Crippen molar-refractivity contribution in [2.45, 2.75) is 13.0 Å². The maximum absolute atomic E-state index is 8.74. The molecule has 0 aromatic heterocycles. The molecule has 0 saturated carbocycles. The molecule has 0 aliphatic rings.